The third kappa shape index (κ3) is 3.25. The van der Waals surface area contributed by atoms with E-state index in [9.17, 15) is 9.59 Å². The summed E-state index contributed by atoms with van der Waals surface area (Å²) < 4.78 is 15.6. The molecule has 25 heavy (non-hydrogen) atoms. The lowest BCUT2D eigenvalue weighted by atomic mass is 9.97. The Kier molecular flexibility index (Phi) is 3.96. The highest BCUT2D eigenvalue weighted by molar-refractivity contribution is 5.94. The average molecular weight is 344 g/mol. The van der Waals surface area contributed by atoms with Gasteiger partial charge >= 0.3 is 0 Å². The molecule has 1 saturated heterocycles. The lowest BCUT2D eigenvalue weighted by molar-refractivity contribution is -0.122. The van der Waals surface area contributed by atoms with Crippen LogP contribution in [0.3, 0.4) is 0 Å². The van der Waals surface area contributed by atoms with E-state index in [1.807, 2.05) is 0 Å². The summed E-state index contributed by atoms with van der Waals surface area (Å²) in [4.78, 5) is 27.9. The summed E-state index contributed by atoms with van der Waals surface area (Å²) in [5.41, 5.74) is 0.452. The van der Waals surface area contributed by atoms with E-state index in [1.165, 1.54) is 0 Å². The van der Waals surface area contributed by atoms with Gasteiger partial charge in [0.1, 0.15) is 0 Å². The molecule has 0 aliphatic carbocycles. The molecule has 3 heterocycles. The SMILES string of the molecule is O=C1CC(c2noc(CNC(=O)c3ccc4c(c3)OCO4)n2)CCN1. The summed E-state index contributed by atoms with van der Waals surface area (Å²) in [5, 5.41) is 9.40. The van der Waals surface area contributed by atoms with E-state index in [4.69, 9.17) is 14.0 Å². The molecule has 1 aromatic heterocycles. The first-order valence-corrected chi connectivity index (χ1v) is 7.96. The van der Waals surface area contributed by atoms with Gasteiger partial charge in [-0.3, -0.25) is 9.59 Å². The average Bonchev–Trinajstić information content (AvgIpc) is 3.28. The number of carbonyl (C=O) groups is 2. The van der Waals surface area contributed by atoms with Crippen molar-refractivity contribution >= 4 is 11.8 Å². The van der Waals surface area contributed by atoms with Crippen molar-refractivity contribution in [3.63, 3.8) is 0 Å². The number of aromatic nitrogens is 2. The number of carbonyl (C=O) groups excluding carboxylic acids is 2. The quantitative estimate of drug-likeness (QED) is 0.839. The number of nitrogens with one attached hydrogen (secondary N) is 2. The van der Waals surface area contributed by atoms with Crippen LogP contribution in [0, 0.1) is 0 Å². The monoisotopic (exact) mass is 344 g/mol. The fourth-order valence-corrected chi connectivity index (χ4v) is 2.81. The van der Waals surface area contributed by atoms with Crippen LogP contribution in [0.5, 0.6) is 11.5 Å². The van der Waals surface area contributed by atoms with Crippen molar-refractivity contribution < 1.29 is 23.6 Å². The Bertz CT molecular complexity index is 819. The van der Waals surface area contributed by atoms with Crippen LogP contribution in [-0.2, 0) is 11.3 Å². The van der Waals surface area contributed by atoms with Crippen molar-refractivity contribution in [3.8, 4) is 11.5 Å². The van der Waals surface area contributed by atoms with Gasteiger partial charge in [0.2, 0.25) is 18.6 Å². The first-order valence-electron chi connectivity index (χ1n) is 7.96. The molecule has 1 fully saturated rings. The number of hydrogen-bond donors (Lipinski definition) is 2. The third-order valence-corrected chi connectivity index (χ3v) is 4.13. The summed E-state index contributed by atoms with van der Waals surface area (Å²) in [6.45, 7) is 0.873. The van der Waals surface area contributed by atoms with Crippen LogP contribution in [0.4, 0.5) is 0 Å². The number of piperidine rings is 1. The Morgan fingerprint density at radius 3 is 3.08 bits per heavy atom. The largest absolute Gasteiger partial charge is 0.454 e. The molecule has 1 aromatic carbocycles. The predicted molar refractivity (Wildman–Crippen MR) is 83.0 cm³/mol. The van der Waals surface area contributed by atoms with E-state index < -0.39 is 0 Å². The molecule has 130 valence electrons. The van der Waals surface area contributed by atoms with Crippen molar-refractivity contribution in [1.82, 2.24) is 20.8 Å². The summed E-state index contributed by atoms with van der Waals surface area (Å²) in [7, 11) is 0. The fourth-order valence-electron chi connectivity index (χ4n) is 2.81. The molecule has 0 bridgehead atoms. The Morgan fingerprint density at radius 1 is 1.32 bits per heavy atom. The van der Waals surface area contributed by atoms with E-state index in [1.54, 1.807) is 18.2 Å². The van der Waals surface area contributed by atoms with Crippen molar-refractivity contribution in [1.29, 1.82) is 0 Å². The molecular formula is C16H16N4O5. The van der Waals surface area contributed by atoms with E-state index >= 15 is 0 Å². The van der Waals surface area contributed by atoms with E-state index in [-0.39, 0.29) is 31.1 Å². The smallest absolute Gasteiger partial charge is 0.251 e. The molecule has 0 spiro atoms. The Balaban J connectivity index is 1.37. The highest BCUT2D eigenvalue weighted by Gasteiger charge is 2.25. The molecule has 1 unspecified atom stereocenters. The topological polar surface area (TPSA) is 116 Å². The number of amides is 2. The van der Waals surface area contributed by atoms with Gasteiger partial charge in [0.05, 0.1) is 6.54 Å². The zero-order chi connectivity index (χ0) is 17.2. The summed E-state index contributed by atoms with van der Waals surface area (Å²) in [5.74, 6) is 1.62. The summed E-state index contributed by atoms with van der Waals surface area (Å²) >= 11 is 0. The minimum Gasteiger partial charge on any atom is -0.454 e. The van der Waals surface area contributed by atoms with Gasteiger partial charge < -0.3 is 24.6 Å². The summed E-state index contributed by atoms with van der Waals surface area (Å²) in [6.07, 6.45) is 1.12. The maximum atomic E-state index is 12.2. The van der Waals surface area contributed by atoms with Crippen LogP contribution in [0.1, 0.15) is 40.8 Å². The fraction of sp³-hybridized carbons (Fsp3) is 0.375. The second kappa shape index (κ2) is 6.42. The van der Waals surface area contributed by atoms with Gasteiger partial charge in [-0.05, 0) is 24.6 Å². The minimum absolute atomic E-state index is 0.0151. The van der Waals surface area contributed by atoms with Gasteiger partial charge in [-0.25, -0.2) is 0 Å². The highest BCUT2D eigenvalue weighted by Crippen LogP contribution is 2.32. The number of fused-ring (bicyclic) bond motifs is 1. The molecule has 0 saturated carbocycles. The molecule has 1 atom stereocenters. The maximum Gasteiger partial charge on any atom is 0.251 e. The first-order chi connectivity index (χ1) is 12.2. The lowest BCUT2D eigenvalue weighted by Gasteiger charge is -2.18. The van der Waals surface area contributed by atoms with Crippen LogP contribution >= 0.6 is 0 Å². The van der Waals surface area contributed by atoms with Gasteiger partial charge in [-0.15, -0.1) is 0 Å². The van der Waals surface area contributed by atoms with Crippen molar-refractivity contribution in [2.45, 2.75) is 25.3 Å². The molecular weight excluding hydrogens is 328 g/mol. The number of benzene rings is 1. The highest BCUT2D eigenvalue weighted by atomic mass is 16.7. The Labute approximate surface area is 142 Å². The van der Waals surface area contributed by atoms with Gasteiger partial charge in [-0.1, -0.05) is 5.16 Å². The molecule has 4 rings (SSSR count). The van der Waals surface area contributed by atoms with Crippen molar-refractivity contribution in [2.24, 2.45) is 0 Å². The lowest BCUT2D eigenvalue weighted by Crippen LogP contribution is -2.32. The zero-order valence-corrected chi connectivity index (χ0v) is 13.3. The van der Waals surface area contributed by atoms with E-state index in [0.29, 0.717) is 41.7 Å². The number of ether oxygens (including phenoxy) is 2. The standard InChI is InChI=1S/C16H16N4O5/c21-13-6-9(3-4-17-13)15-19-14(25-20-15)7-18-16(22)10-1-2-11-12(5-10)24-8-23-11/h1-2,5,9H,3-4,6-8H2,(H,17,21)(H,18,22). The molecule has 2 N–H and O–H groups in total. The van der Waals surface area contributed by atoms with E-state index in [2.05, 4.69) is 20.8 Å². The van der Waals surface area contributed by atoms with Gasteiger partial charge in [0.15, 0.2) is 17.3 Å². The molecule has 2 amide bonds. The second-order valence-electron chi connectivity index (χ2n) is 5.84. The number of nitrogens with zero attached hydrogens (tertiary/aromatic N) is 2. The maximum absolute atomic E-state index is 12.2. The molecule has 2 aromatic rings. The molecule has 9 nitrogen and oxygen atoms in total. The third-order valence-electron chi connectivity index (χ3n) is 4.13. The molecule has 2 aliphatic heterocycles. The van der Waals surface area contributed by atoms with Gasteiger partial charge in [0, 0.05) is 24.4 Å². The van der Waals surface area contributed by atoms with Crippen molar-refractivity contribution in [2.75, 3.05) is 13.3 Å². The van der Waals surface area contributed by atoms with Crippen molar-refractivity contribution in [3.05, 3.63) is 35.5 Å². The Morgan fingerprint density at radius 2 is 2.20 bits per heavy atom. The van der Waals surface area contributed by atoms with Crippen LogP contribution in [0.2, 0.25) is 0 Å². The normalized spacial score (nSPS) is 18.7. The van der Waals surface area contributed by atoms with Crippen LogP contribution in [-0.4, -0.2) is 35.3 Å². The molecule has 0 radical (unpaired) electrons. The predicted octanol–water partition coefficient (Wildman–Crippen LogP) is 0.722. The second-order valence-corrected chi connectivity index (χ2v) is 5.84. The number of rotatable bonds is 4. The Hall–Kier alpha value is -3.10. The molecule has 2 aliphatic rings. The minimum atomic E-state index is -0.282. The van der Waals surface area contributed by atoms with E-state index in [0.717, 1.165) is 6.42 Å². The zero-order valence-electron chi connectivity index (χ0n) is 13.3. The summed E-state index contributed by atoms with van der Waals surface area (Å²) in [6, 6.07) is 4.97. The van der Waals surface area contributed by atoms with Crippen LogP contribution < -0.4 is 20.1 Å². The first kappa shape index (κ1) is 15.4. The van der Waals surface area contributed by atoms with Crippen LogP contribution in [0.15, 0.2) is 22.7 Å². The van der Waals surface area contributed by atoms with Gasteiger partial charge in [0.25, 0.3) is 5.91 Å². The van der Waals surface area contributed by atoms with Crippen LogP contribution in [0.25, 0.3) is 0 Å². The molecule has 9 heteroatoms. The van der Waals surface area contributed by atoms with Gasteiger partial charge in [-0.2, -0.15) is 4.98 Å². The number of hydrogen-bond acceptors (Lipinski definition) is 7.